The number of aromatic amines is 1. The second-order valence-electron chi connectivity index (χ2n) is 7.15. The molecule has 1 atom stereocenters. The minimum absolute atomic E-state index is 0.253. The Morgan fingerprint density at radius 2 is 1.96 bits per heavy atom. The summed E-state index contributed by atoms with van der Waals surface area (Å²) in [4.78, 5) is 31.2. The monoisotopic (exact) mass is 354 g/mol. The maximum absolute atomic E-state index is 12.2. The van der Waals surface area contributed by atoms with Crippen LogP contribution in [0.3, 0.4) is 0 Å². The summed E-state index contributed by atoms with van der Waals surface area (Å²) >= 11 is 0. The molecule has 2 aromatic heterocycles. The number of carbonyl (C=O) groups excluding carboxylic acids is 1. The standard InChI is InChI=1S/C19H22N4O3/c1-19(2,3)26-17(24)14(20)11-12-6-8-13(9-7-12)23-16-15(22-18(23)25)5-4-10-21-16/h4-10,14H,11,20H2,1-3H3,(H,22,25). The van der Waals surface area contributed by atoms with Crippen molar-refractivity contribution in [3.05, 3.63) is 58.6 Å². The Morgan fingerprint density at radius 1 is 1.27 bits per heavy atom. The van der Waals surface area contributed by atoms with E-state index in [1.54, 1.807) is 51.2 Å². The molecule has 136 valence electrons. The van der Waals surface area contributed by atoms with Gasteiger partial charge in [0.2, 0.25) is 0 Å². The van der Waals surface area contributed by atoms with Crippen LogP contribution in [0.25, 0.3) is 16.9 Å². The highest BCUT2D eigenvalue weighted by Crippen LogP contribution is 2.15. The summed E-state index contributed by atoms with van der Waals surface area (Å²) in [5.74, 6) is -0.432. The number of carbonyl (C=O) groups is 1. The number of rotatable bonds is 4. The molecule has 0 radical (unpaired) electrons. The van der Waals surface area contributed by atoms with Crippen LogP contribution < -0.4 is 11.4 Å². The molecular weight excluding hydrogens is 332 g/mol. The van der Waals surface area contributed by atoms with Crippen molar-refractivity contribution >= 4 is 17.1 Å². The molecule has 0 amide bonds. The normalized spacial score (nSPS) is 12.9. The molecule has 7 heteroatoms. The van der Waals surface area contributed by atoms with Crippen molar-refractivity contribution in [2.45, 2.75) is 38.8 Å². The fourth-order valence-electron chi connectivity index (χ4n) is 2.68. The number of benzene rings is 1. The Labute approximate surface area is 150 Å². The number of pyridine rings is 1. The molecule has 0 aliphatic rings. The van der Waals surface area contributed by atoms with Crippen molar-refractivity contribution in [3.8, 4) is 5.69 Å². The molecule has 0 aliphatic carbocycles. The molecule has 3 aromatic rings. The fraction of sp³-hybridized carbons (Fsp3) is 0.316. The average Bonchev–Trinajstić information content (AvgIpc) is 2.90. The van der Waals surface area contributed by atoms with Gasteiger partial charge in [-0.25, -0.2) is 14.3 Å². The van der Waals surface area contributed by atoms with Gasteiger partial charge in [0.05, 0.1) is 11.2 Å². The van der Waals surface area contributed by atoms with E-state index in [1.165, 1.54) is 4.57 Å². The van der Waals surface area contributed by atoms with E-state index in [1.807, 2.05) is 12.1 Å². The summed E-state index contributed by atoms with van der Waals surface area (Å²) in [7, 11) is 0. The molecule has 1 aromatic carbocycles. The summed E-state index contributed by atoms with van der Waals surface area (Å²) in [6, 6.07) is 10.1. The third-order valence-corrected chi connectivity index (χ3v) is 3.80. The first-order valence-electron chi connectivity index (χ1n) is 8.38. The second kappa shape index (κ2) is 6.76. The van der Waals surface area contributed by atoms with Crippen LogP contribution in [0.1, 0.15) is 26.3 Å². The van der Waals surface area contributed by atoms with Gasteiger partial charge in [-0.05, 0) is 57.0 Å². The molecule has 0 aliphatic heterocycles. The van der Waals surface area contributed by atoms with E-state index in [2.05, 4.69) is 9.97 Å². The van der Waals surface area contributed by atoms with Gasteiger partial charge in [-0.3, -0.25) is 4.79 Å². The van der Waals surface area contributed by atoms with E-state index in [9.17, 15) is 9.59 Å². The molecule has 3 N–H and O–H groups in total. The summed E-state index contributed by atoms with van der Waals surface area (Å²) in [6.07, 6.45) is 2.00. The predicted octanol–water partition coefficient (Wildman–Crippen LogP) is 1.93. The van der Waals surface area contributed by atoms with Gasteiger partial charge in [-0.2, -0.15) is 0 Å². The number of imidazole rings is 1. The zero-order valence-corrected chi connectivity index (χ0v) is 15.0. The largest absolute Gasteiger partial charge is 0.459 e. The molecule has 1 unspecified atom stereocenters. The van der Waals surface area contributed by atoms with E-state index in [0.717, 1.165) is 5.56 Å². The summed E-state index contributed by atoms with van der Waals surface area (Å²) in [5, 5.41) is 0. The van der Waals surface area contributed by atoms with Crippen molar-refractivity contribution in [1.29, 1.82) is 0 Å². The molecule has 26 heavy (non-hydrogen) atoms. The number of H-pyrrole nitrogens is 1. The van der Waals surface area contributed by atoms with Crippen molar-refractivity contribution < 1.29 is 9.53 Å². The summed E-state index contributed by atoms with van der Waals surface area (Å²) < 4.78 is 6.80. The van der Waals surface area contributed by atoms with Crippen LogP contribution in [-0.4, -0.2) is 32.1 Å². The zero-order valence-electron chi connectivity index (χ0n) is 15.0. The maximum atomic E-state index is 12.2. The highest BCUT2D eigenvalue weighted by molar-refractivity contribution is 5.76. The average molecular weight is 354 g/mol. The zero-order chi connectivity index (χ0) is 18.9. The van der Waals surface area contributed by atoms with E-state index in [4.69, 9.17) is 10.5 Å². The van der Waals surface area contributed by atoms with Gasteiger partial charge in [-0.1, -0.05) is 12.1 Å². The van der Waals surface area contributed by atoms with Gasteiger partial charge in [0.25, 0.3) is 0 Å². The first kappa shape index (κ1) is 17.9. The number of esters is 1. The van der Waals surface area contributed by atoms with Crippen LogP contribution >= 0.6 is 0 Å². The van der Waals surface area contributed by atoms with Gasteiger partial charge < -0.3 is 15.5 Å². The highest BCUT2D eigenvalue weighted by atomic mass is 16.6. The number of hydrogen-bond acceptors (Lipinski definition) is 5. The Kier molecular flexibility index (Phi) is 4.65. The van der Waals surface area contributed by atoms with Gasteiger partial charge in [0.1, 0.15) is 11.6 Å². The molecule has 3 rings (SSSR count). The fourth-order valence-corrected chi connectivity index (χ4v) is 2.68. The van der Waals surface area contributed by atoms with Crippen molar-refractivity contribution in [2.24, 2.45) is 5.73 Å². The number of nitrogens with two attached hydrogens (primary N) is 1. The number of ether oxygens (including phenoxy) is 1. The quantitative estimate of drug-likeness (QED) is 0.697. The molecule has 7 nitrogen and oxygen atoms in total. The molecule has 0 spiro atoms. The van der Waals surface area contributed by atoms with Crippen LogP contribution in [-0.2, 0) is 16.0 Å². The Hall–Kier alpha value is -2.93. The lowest BCUT2D eigenvalue weighted by Gasteiger charge is -2.22. The van der Waals surface area contributed by atoms with Crippen LogP contribution in [0, 0.1) is 0 Å². The predicted molar refractivity (Wildman–Crippen MR) is 99.2 cm³/mol. The van der Waals surface area contributed by atoms with Crippen LogP contribution in [0.15, 0.2) is 47.4 Å². The molecule has 2 heterocycles. The first-order chi connectivity index (χ1) is 12.2. The minimum Gasteiger partial charge on any atom is -0.459 e. The summed E-state index contributed by atoms with van der Waals surface area (Å²) in [5.41, 5.74) is 7.93. The smallest absolute Gasteiger partial charge is 0.332 e. The maximum Gasteiger partial charge on any atom is 0.332 e. The van der Waals surface area contributed by atoms with Crippen molar-refractivity contribution in [2.75, 3.05) is 0 Å². The van der Waals surface area contributed by atoms with E-state index >= 15 is 0 Å². The first-order valence-corrected chi connectivity index (χ1v) is 8.38. The van der Waals surface area contributed by atoms with Gasteiger partial charge in [-0.15, -0.1) is 0 Å². The van der Waals surface area contributed by atoms with E-state index in [0.29, 0.717) is 23.3 Å². The van der Waals surface area contributed by atoms with E-state index in [-0.39, 0.29) is 5.69 Å². The molecule has 0 bridgehead atoms. The van der Waals surface area contributed by atoms with Crippen molar-refractivity contribution in [1.82, 2.24) is 14.5 Å². The topological polar surface area (TPSA) is 103 Å². The lowest BCUT2D eigenvalue weighted by atomic mass is 10.1. The van der Waals surface area contributed by atoms with Crippen LogP contribution in [0.5, 0.6) is 0 Å². The lowest BCUT2D eigenvalue weighted by molar-refractivity contribution is -0.156. The number of aromatic nitrogens is 3. The summed E-state index contributed by atoms with van der Waals surface area (Å²) in [6.45, 7) is 5.41. The van der Waals surface area contributed by atoms with Crippen LogP contribution in [0.2, 0.25) is 0 Å². The highest BCUT2D eigenvalue weighted by Gasteiger charge is 2.22. The molecular formula is C19H22N4O3. The van der Waals surface area contributed by atoms with E-state index < -0.39 is 17.6 Å². The number of nitrogens with one attached hydrogen (secondary N) is 1. The second-order valence-corrected chi connectivity index (χ2v) is 7.15. The Bertz CT molecular complexity index is 980. The van der Waals surface area contributed by atoms with Crippen LogP contribution in [0.4, 0.5) is 0 Å². The van der Waals surface area contributed by atoms with Gasteiger partial charge in [0.15, 0.2) is 5.65 Å². The third-order valence-electron chi connectivity index (χ3n) is 3.80. The van der Waals surface area contributed by atoms with Gasteiger partial charge in [0, 0.05) is 6.20 Å². The van der Waals surface area contributed by atoms with Crippen molar-refractivity contribution in [3.63, 3.8) is 0 Å². The molecule has 0 saturated heterocycles. The molecule has 0 saturated carbocycles. The van der Waals surface area contributed by atoms with Gasteiger partial charge >= 0.3 is 11.7 Å². The third kappa shape index (κ3) is 3.83. The molecule has 0 fully saturated rings. The lowest BCUT2D eigenvalue weighted by Crippen LogP contribution is -2.38. The Balaban J connectivity index is 1.79. The number of hydrogen-bond donors (Lipinski definition) is 2. The minimum atomic E-state index is -0.738. The Morgan fingerprint density at radius 3 is 2.62 bits per heavy atom. The SMILES string of the molecule is CC(C)(C)OC(=O)C(N)Cc1ccc(-n2c(=O)[nH]c3cccnc32)cc1. The number of fused-ring (bicyclic) bond motifs is 1. The number of nitrogens with zero attached hydrogens (tertiary/aromatic N) is 2.